The molecule has 36 heavy (non-hydrogen) atoms. The molecule has 1 heterocycles. The number of hydrogen-bond acceptors (Lipinski definition) is 3. The fraction of sp³-hybridized carbons (Fsp3) is 0.500. The first kappa shape index (κ1) is 25.9. The zero-order chi connectivity index (χ0) is 25.5. The first-order valence-corrected chi connectivity index (χ1v) is 13.5. The van der Waals surface area contributed by atoms with Crippen molar-refractivity contribution in [1.29, 1.82) is 0 Å². The molecular weight excluding hydrogens is 450 g/mol. The van der Waals surface area contributed by atoms with Crippen LogP contribution in [-0.4, -0.2) is 47.8 Å². The largest absolute Gasteiger partial charge is 0.351 e. The molecule has 2 aromatic rings. The standard InChI is InChI=1S/C30H39N3O3/c1-3-24(22-12-5-4-6-13-22)30(36)33-19-17-23(18-20-33)28(34)31-26-15-9-10-16-27(26)32-29(35)25-14-8-7-11-21(25)2/h4-8,11-14,23-24,26-27H,3,9-10,15-20H2,1-2H3,(H,31,34)(H,32,35)/t24?,26?,27-/m1/s1. The monoisotopic (exact) mass is 489 g/mol. The quantitative estimate of drug-likeness (QED) is 0.597. The number of rotatable bonds is 7. The molecule has 1 aliphatic carbocycles. The van der Waals surface area contributed by atoms with E-state index in [0.29, 0.717) is 31.5 Å². The molecule has 2 aliphatic rings. The summed E-state index contributed by atoms with van der Waals surface area (Å²) < 4.78 is 0. The second-order valence-electron chi connectivity index (χ2n) is 10.3. The van der Waals surface area contributed by atoms with E-state index in [0.717, 1.165) is 43.2 Å². The van der Waals surface area contributed by atoms with Crippen molar-refractivity contribution in [3.63, 3.8) is 0 Å². The molecule has 2 aromatic carbocycles. The number of hydrogen-bond donors (Lipinski definition) is 2. The van der Waals surface area contributed by atoms with E-state index in [1.807, 2.05) is 73.3 Å². The van der Waals surface area contributed by atoms with Crippen molar-refractivity contribution < 1.29 is 14.4 Å². The van der Waals surface area contributed by atoms with E-state index in [9.17, 15) is 14.4 Å². The molecule has 3 atom stereocenters. The predicted octanol–water partition coefficient (Wildman–Crippen LogP) is 4.58. The van der Waals surface area contributed by atoms with E-state index < -0.39 is 0 Å². The van der Waals surface area contributed by atoms with Gasteiger partial charge in [0.2, 0.25) is 11.8 Å². The average molecular weight is 490 g/mol. The molecule has 2 fully saturated rings. The molecule has 4 rings (SSSR count). The number of benzene rings is 2. The number of carbonyl (C=O) groups is 3. The summed E-state index contributed by atoms with van der Waals surface area (Å²) in [5.74, 6) is -0.0834. The molecule has 0 radical (unpaired) electrons. The van der Waals surface area contributed by atoms with Gasteiger partial charge in [-0.05, 0) is 56.2 Å². The molecule has 6 nitrogen and oxygen atoms in total. The van der Waals surface area contributed by atoms with Gasteiger partial charge in [-0.15, -0.1) is 0 Å². The predicted molar refractivity (Wildman–Crippen MR) is 142 cm³/mol. The van der Waals surface area contributed by atoms with Crippen molar-refractivity contribution in [3.8, 4) is 0 Å². The Morgan fingerprint density at radius 2 is 1.47 bits per heavy atom. The third-order valence-corrected chi connectivity index (χ3v) is 7.89. The van der Waals surface area contributed by atoms with Gasteiger partial charge in [0.05, 0.1) is 5.92 Å². The lowest BCUT2D eigenvalue weighted by Crippen LogP contribution is -2.55. The number of amides is 3. The molecule has 1 saturated carbocycles. The summed E-state index contributed by atoms with van der Waals surface area (Å²) in [6.07, 6.45) is 5.95. The summed E-state index contributed by atoms with van der Waals surface area (Å²) in [6, 6.07) is 17.4. The van der Waals surface area contributed by atoms with Gasteiger partial charge in [0, 0.05) is 36.7 Å². The molecule has 1 saturated heterocycles. The lowest BCUT2D eigenvalue weighted by atomic mass is 9.88. The number of carbonyl (C=O) groups excluding carboxylic acids is 3. The first-order valence-electron chi connectivity index (χ1n) is 13.5. The van der Waals surface area contributed by atoms with Crippen molar-refractivity contribution >= 4 is 17.7 Å². The highest BCUT2D eigenvalue weighted by Crippen LogP contribution is 2.26. The zero-order valence-electron chi connectivity index (χ0n) is 21.5. The molecule has 3 amide bonds. The van der Waals surface area contributed by atoms with Gasteiger partial charge in [0.15, 0.2) is 0 Å². The maximum Gasteiger partial charge on any atom is 0.251 e. The van der Waals surface area contributed by atoms with E-state index in [1.165, 1.54) is 0 Å². The number of aryl methyl sites for hydroxylation is 1. The smallest absolute Gasteiger partial charge is 0.251 e. The normalized spacial score (nSPS) is 21.4. The summed E-state index contributed by atoms with van der Waals surface area (Å²) in [7, 11) is 0. The maximum absolute atomic E-state index is 13.2. The van der Waals surface area contributed by atoms with Crippen LogP contribution in [0.25, 0.3) is 0 Å². The number of nitrogens with zero attached hydrogens (tertiary/aromatic N) is 1. The van der Waals surface area contributed by atoms with Gasteiger partial charge in [-0.2, -0.15) is 0 Å². The third kappa shape index (κ3) is 6.15. The van der Waals surface area contributed by atoms with Gasteiger partial charge < -0.3 is 15.5 Å². The minimum absolute atomic E-state index is 0.0542. The Hall–Kier alpha value is -3.15. The molecule has 6 heteroatoms. The second-order valence-corrected chi connectivity index (χ2v) is 10.3. The highest BCUT2D eigenvalue weighted by Gasteiger charge is 2.34. The van der Waals surface area contributed by atoms with Crippen molar-refractivity contribution in [3.05, 3.63) is 71.3 Å². The van der Waals surface area contributed by atoms with Crippen LogP contribution >= 0.6 is 0 Å². The highest BCUT2D eigenvalue weighted by molar-refractivity contribution is 5.95. The Labute approximate surface area is 214 Å². The van der Waals surface area contributed by atoms with Gasteiger partial charge >= 0.3 is 0 Å². The zero-order valence-corrected chi connectivity index (χ0v) is 21.5. The maximum atomic E-state index is 13.2. The molecule has 0 spiro atoms. The van der Waals surface area contributed by atoms with Gasteiger partial charge in [-0.3, -0.25) is 14.4 Å². The second kappa shape index (κ2) is 12.2. The Morgan fingerprint density at radius 1 is 0.861 bits per heavy atom. The minimum Gasteiger partial charge on any atom is -0.351 e. The first-order chi connectivity index (χ1) is 17.5. The highest BCUT2D eigenvalue weighted by atomic mass is 16.2. The molecule has 192 valence electrons. The summed E-state index contributed by atoms with van der Waals surface area (Å²) in [5, 5.41) is 6.44. The Morgan fingerprint density at radius 3 is 2.11 bits per heavy atom. The number of piperidine rings is 1. The fourth-order valence-electron chi connectivity index (χ4n) is 5.67. The summed E-state index contributed by atoms with van der Waals surface area (Å²) in [5.41, 5.74) is 2.69. The van der Waals surface area contributed by atoms with Crippen LogP contribution in [0.1, 0.15) is 79.3 Å². The van der Waals surface area contributed by atoms with Crippen molar-refractivity contribution in [2.75, 3.05) is 13.1 Å². The van der Waals surface area contributed by atoms with E-state index >= 15 is 0 Å². The van der Waals surface area contributed by atoms with Crippen LogP contribution in [0.5, 0.6) is 0 Å². The number of likely N-dealkylation sites (tertiary alicyclic amines) is 1. The van der Waals surface area contributed by atoms with Crippen LogP contribution in [0.15, 0.2) is 54.6 Å². The van der Waals surface area contributed by atoms with Crippen molar-refractivity contribution in [2.45, 2.75) is 76.8 Å². The Bertz CT molecular complexity index is 1050. The summed E-state index contributed by atoms with van der Waals surface area (Å²) in [4.78, 5) is 41.2. The van der Waals surface area contributed by atoms with Gasteiger partial charge in [-0.1, -0.05) is 68.3 Å². The molecular formula is C30H39N3O3. The van der Waals surface area contributed by atoms with Crippen LogP contribution in [0.3, 0.4) is 0 Å². The minimum atomic E-state index is -0.128. The van der Waals surface area contributed by atoms with Crippen LogP contribution in [0, 0.1) is 12.8 Å². The van der Waals surface area contributed by atoms with Crippen LogP contribution in [0.4, 0.5) is 0 Å². The Kier molecular flexibility index (Phi) is 8.79. The fourth-order valence-corrected chi connectivity index (χ4v) is 5.67. The van der Waals surface area contributed by atoms with E-state index in [-0.39, 0.29) is 41.6 Å². The lowest BCUT2D eigenvalue weighted by molar-refractivity contribution is -0.137. The van der Waals surface area contributed by atoms with E-state index in [2.05, 4.69) is 10.6 Å². The van der Waals surface area contributed by atoms with Gasteiger partial charge in [0.1, 0.15) is 0 Å². The van der Waals surface area contributed by atoms with Crippen molar-refractivity contribution in [2.24, 2.45) is 5.92 Å². The SMILES string of the molecule is CCC(C(=O)N1CCC(C(=O)NC2CCCC[C@H]2NC(=O)c2ccccc2C)CC1)c1ccccc1. The van der Waals surface area contributed by atoms with Crippen LogP contribution < -0.4 is 10.6 Å². The third-order valence-electron chi connectivity index (χ3n) is 7.89. The van der Waals surface area contributed by atoms with E-state index in [1.54, 1.807) is 0 Å². The average Bonchev–Trinajstić information content (AvgIpc) is 2.91. The van der Waals surface area contributed by atoms with E-state index in [4.69, 9.17) is 0 Å². The molecule has 2 unspecified atom stereocenters. The molecule has 2 N–H and O–H groups in total. The summed E-state index contributed by atoms with van der Waals surface area (Å²) in [6.45, 7) is 5.21. The van der Waals surface area contributed by atoms with Gasteiger partial charge in [-0.25, -0.2) is 0 Å². The van der Waals surface area contributed by atoms with Gasteiger partial charge in [0.25, 0.3) is 5.91 Å². The van der Waals surface area contributed by atoms with Crippen LogP contribution in [0.2, 0.25) is 0 Å². The summed E-state index contributed by atoms with van der Waals surface area (Å²) >= 11 is 0. The lowest BCUT2D eigenvalue weighted by Gasteiger charge is -2.36. The molecule has 1 aliphatic heterocycles. The Balaban J connectivity index is 1.31. The molecule has 0 bridgehead atoms. The molecule has 0 aromatic heterocycles. The van der Waals surface area contributed by atoms with Crippen LogP contribution in [-0.2, 0) is 9.59 Å². The van der Waals surface area contributed by atoms with Crippen molar-refractivity contribution in [1.82, 2.24) is 15.5 Å². The topological polar surface area (TPSA) is 78.5 Å². The number of nitrogens with one attached hydrogen (secondary N) is 2.